The van der Waals surface area contributed by atoms with Crippen molar-refractivity contribution >= 4 is 16.9 Å². The third kappa shape index (κ3) is 3.33. The summed E-state index contributed by atoms with van der Waals surface area (Å²) in [6.45, 7) is 1.44. The molecule has 2 aromatic rings. The smallest absolute Gasteiger partial charge is 0.317 e. The fraction of sp³-hybridized carbons (Fsp3) is 0.375. The van der Waals surface area contributed by atoms with Crippen LogP contribution >= 0.6 is 0 Å². The Kier molecular flexibility index (Phi) is 4.20. The Balaban J connectivity index is 1.69. The molecule has 0 radical (unpaired) electrons. The van der Waals surface area contributed by atoms with Crippen molar-refractivity contribution in [3.8, 4) is 5.75 Å². The lowest BCUT2D eigenvalue weighted by Gasteiger charge is -2.31. The normalized spacial score (nSPS) is 16.8. The Morgan fingerprint density at radius 2 is 2.14 bits per heavy atom. The maximum atomic E-state index is 13.4. The average Bonchev–Trinajstić information content (AvgIpc) is 2.49. The molecule has 1 aliphatic rings. The molecule has 1 aromatic carbocycles. The predicted octanol–water partition coefficient (Wildman–Crippen LogP) is 2.30. The first-order valence-electron chi connectivity index (χ1n) is 7.27. The highest BCUT2D eigenvalue weighted by Crippen LogP contribution is 2.27. The van der Waals surface area contributed by atoms with E-state index in [1.54, 1.807) is 18.3 Å². The monoisotopic (exact) mass is 304 g/mol. The third-order valence-electron chi connectivity index (χ3n) is 3.85. The van der Waals surface area contributed by atoms with E-state index in [1.807, 2.05) is 4.90 Å². The van der Waals surface area contributed by atoms with E-state index in [0.29, 0.717) is 29.7 Å². The summed E-state index contributed by atoms with van der Waals surface area (Å²) in [5, 5.41) is 9.46. The van der Waals surface area contributed by atoms with Gasteiger partial charge in [0.2, 0.25) is 0 Å². The van der Waals surface area contributed by atoms with Crippen LogP contribution in [0.4, 0.5) is 4.39 Å². The van der Waals surface area contributed by atoms with Gasteiger partial charge in [-0.15, -0.1) is 0 Å². The SMILES string of the molecule is O=C(O)CN1CCC(Oc2ccnc3ccc(F)cc23)CC1. The minimum atomic E-state index is -0.810. The van der Waals surface area contributed by atoms with E-state index in [2.05, 4.69) is 4.98 Å². The van der Waals surface area contributed by atoms with Crippen LogP contribution in [0.25, 0.3) is 10.9 Å². The Morgan fingerprint density at radius 3 is 2.86 bits per heavy atom. The summed E-state index contributed by atoms with van der Waals surface area (Å²) in [6.07, 6.45) is 3.17. The standard InChI is InChI=1S/C16H17FN2O3/c17-11-1-2-14-13(9-11)15(3-6-18-14)22-12-4-7-19(8-5-12)10-16(20)21/h1-3,6,9,12H,4-5,7-8,10H2,(H,20,21). The summed E-state index contributed by atoms with van der Waals surface area (Å²) in [5.74, 6) is -0.502. The van der Waals surface area contributed by atoms with Crippen LogP contribution in [0.5, 0.6) is 5.75 Å². The minimum Gasteiger partial charge on any atom is -0.490 e. The number of hydrogen-bond donors (Lipinski definition) is 1. The number of aliphatic carboxylic acids is 1. The van der Waals surface area contributed by atoms with Crippen molar-refractivity contribution in [1.29, 1.82) is 0 Å². The molecule has 6 heteroatoms. The number of piperidine rings is 1. The van der Waals surface area contributed by atoms with Gasteiger partial charge >= 0.3 is 5.97 Å². The molecular weight excluding hydrogens is 287 g/mol. The lowest BCUT2D eigenvalue weighted by Crippen LogP contribution is -2.40. The number of fused-ring (bicyclic) bond motifs is 1. The molecule has 0 bridgehead atoms. The van der Waals surface area contributed by atoms with Crippen molar-refractivity contribution in [3.05, 3.63) is 36.3 Å². The topological polar surface area (TPSA) is 62.7 Å². The van der Waals surface area contributed by atoms with Crippen LogP contribution in [0.2, 0.25) is 0 Å². The summed E-state index contributed by atoms with van der Waals surface area (Å²) in [7, 11) is 0. The Hall–Kier alpha value is -2.21. The Morgan fingerprint density at radius 1 is 1.36 bits per heavy atom. The predicted molar refractivity (Wildman–Crippen MR) is 79.4 cm³/mol. The molecule has 116 valence electrons. The Labute approximate surface area is 127 Å². The number of benzene rings is 1. The highest BCUT2D eigenvalue weighted by molar-refractivity contribution is 5.84. The van der Waals surface area contributed by atoms with Crippen LogP contribution in [0.3, 0.4) is 0 Å². The quantitative estimate of drug-likeness (QED) is 0.939. The first-order valence-corrected chi connectivity index (χ1v) is 7.27. The second-order valence-electron chi connectivity index (χ2n) is 5.46. The zero-order valence-electron chi connectivity index (χ0n) is 12.0. The van der Waals surface area contributed by atoms with Crippen molar-refractivity contribution in [2.75, 3.05) is 19.6 Å². The van der Waals surface area contributed by atoms with Crippen molar-refractivity contribution < 1.29 is 19.0 Å². The van der Waals surface area contributed by atoms with E-state index in [-0.39, 0.29) is 18.5 Å². The van der Waals surface area contributed by atoms with Gasteiger partial charge in [0.15, 0.2) is 0 Å². The fourth-order valence-electron chi connectivity index (χ4n) is 2.75. The molecule has 0 saturated carbocycles. The maximum Gasteiger partial charge on any atom is 0.317 e. The van der Waals surface area contributed by atoms with Crippen LogP contribution in [-0.2, 0) is 4.79 Å². The molecule has 3 rings (SSSR count). The molecule has 1 aromatic heterocycles. The van der Waals surface area contributed by atoms with E-state index in [0.717, 1.165) is 12.8 Å². The largest absolute Gasteiger partial charge is 0.490 e. The van der Waals surface area contributed by atoms with E-state index in [9.17, 15) is 9.18 Å². The second-order valence-corrected chi connectivity index (χ2v) is 5.46. The molecule has 0 amide bonds. The lowest BCUT2D eigenvalue weighted by molar-refractivity contribution is -0.138. The van der Waals surface area contributed by atoms with Gasteiger partial charge in [0.25, 0.3) is 0 Å². The summed E-state index contributed by atoms with van der Waals surface area (Å²) < 4.78 is 19.4. The molecule has 1 saturated heterocycles. The maximum absolute atomic E-state index is 13.4. The highest BCUT2D eigenvalue weighted by Gasteiger charge is 2.22. The molecule has 2 heterocycles. The van der Waals surface area contributed by atoms with E-state index >= 15 is 0 Å². The molecule has 0 aliphatic carbocycles. The third-order valence-corrected chi connectivity index (χ3v) is 3.85. The van der Waals surface area contributed by atoms with Gasteiger partial charge in [-0.1, -0.05) is 0 Å². The van der Waals surface area contributed by atoms with Gasteiger partial charge in [0.05, 0.1) is 12.1 Å². The van der Waals surface area contributed by atoms with Gasteiger partial charge < -0.3 is 9.84 Å². The minimum absolute atomic E-state index is 0.0129. The van der Waals surface area contributed by atoms with E-state index in [4.69, 9.17) is 9.84 Å². The molecule has 1 fully saturated rings. The zero-order chi connectivity index (χ0) is 15.5. The number of ether oxygens (including phenoxy) is 1. The number of nitrogens with zero attached hydrogens (tertiary/aromatic N) is 2. The first-order chi connectivity index (χ1) is 10.6. The van der Waals surface area contributed by atoms with Crippen molar-refractivity contribution in [2.45, 2.75) is 18.9 Å². The summed E-state index contributed by atoms with van der Waals surface area (Å²) >= 11 is 0. The van der Waals surface area contributed by atoms with Crippen molar-refractivity contribution in [3.63, 3.8) is 0 Å². The number of carboxylic acid groups (broad SMARTS) is 1. The van der Waals surface area contributed by atoms with Gasteiger partial charge in [-0.25, -0.2) is 4.39 Å². The first kappa shape index (κ1) is 14.7. The fourth-order valence-corrected chi connectivity index (χ4v) is 2.75. The molecule has 1 aliphatic heterocycles. The van der Waals surface area contributed by atoms with E-state index < -0.39 is 5.97 Å². The zero-order valence-corrected chi connectivity index (χ0v) is 12.0. The van der Waals surface area contributed by atoms with Crippen LogP contribution in [0, 0.1) is 5.82 Å². The number of carboxylic acids is 1. The highest BCUT2D eigenvalue weighted by atomic mass is 19.1. The molecule has 0 spiro atoms. The number of hydrogen-bond acceptors (Lipinski definition) is 4. The van der Waals surface area contributed by atoms with Crippen LogP contribution in [0.1, 0.15) is 12.8 Å². The number of aromatic nitrogens is 1. The Bertz CT molecular complexity index is 684. The van der Waals surface area contributed by atoms with Crippen LogP contribution in [0.15, 0.2) is 30.5 Å². The van der Waals surface area contributed by atoms with Gasteiger partial charge in [0, 0.05) is 24.7 Å². The van der Waals surface area contributed by atoms with Crippen molar-refractivity contribution in [2.24, 2.45) is 0 Å². The molecule has 22 heavy (non-hydrogen) atoms. The average molecular weight is 304 g/mol. The number of likely N-dealkylation sites (tertiary alicyclic amines) is 1. The molecule has 5 nitrogen and oxygen atoms in total. The molecule has 0 unspecified atom stereocenters. The van der Waals surface area contributed by atoms with E-state index in [1.165, 1.54) is 12.1 Å². The number of carbonyl (C=O) groups is 1. The van der Waals surface area contributed by atoms with Crippen LogP contribution < -0.4 is 4.74 Å². The molecular formula is C16H17FN2O3. The number of pyridine rings is 1. The van der Waals surface area contributed by atoms with Crippen LogP contribution in [-0.4, -0.2) is 46.7 Å². The molecule has 0 atom stereocenters. The van der Waals surface area contributed by atoms with Crippen molar-refractivity contribution in [1.82, 2.24) is 9.88 Å². The van der Waals surface area contributed by atoms with Gasteiger partial charge in [0.1, 0.15) is 17.7 Å². The summed E-state index contributed by atoms with van der Waals surface area (Å²) in [5.41, 5.74) is 0.696. The lowest BCUT2D eigenvalue weighted by atomic mass is 10.1. The van der Waals surface area contributed by atoms with Gasteiger partial charge in [-0.3, -0.25) is 14.7 Å². The van der Waals surface area contributed by atoms with Gasteiger partial charge in [-0.2, -0.15) is 0 Å². The summed E-state index contributed by atoms with van der Waals surface area (Å²) in [4.78, 5) is 16.8. The second kappa shape index (κ2) is 6.27. The molecule has 1 N–H and O–H groups in total. The number of rotatable bonds is 4. The van der Waals surface area contributed by atoms with Gasteiger partial charge in [-0.05, 0) is 37.1 Å². The number of halogens is 1. The summed E-state index contributed by atoms with van der Waals surface area (Å²) in [6, 6.07) is 6.18.